The molecule has 0 spiro atoms. The zero-order chi connectivity index (χ0) is 24.6. The van der Waals surface area contributed by atoms with Gasteiger partial charge < -0.3 is 20.9 Å². The van der Waals surface area contributed by atoms with Crippen molar-refractivity contribution in [3.8, 4) is 0 Å². The molecule has 1 saturated heterocycles. The molecule has 9 heteroatoms. The Balaban J connectivity index is 1.03. The molecule has 0 bridgehead atoms. The second kappa shape index (κ2) is 12.0. The quantitative estimate of drug-likeness (QED) is 0.278. The van der Waals surface area contributed by atoms with Gasteiger partial charge in [0.15, 0.2) is 0 Å². The van der Waals surface area contributed by atoms with E-state index in [0.717, 1.165) is 48.7 Å². The average molecular weight is 489 g/mol. The van der Waals surface area contributed by atoms with Crippen molar-refractivity contribution in [3.05, 3.63) is 53.9 Å². The molecule has 0 radical (unpaired) electrons. The number of aromatic amines is 1. The van der Waals surface area contributed by atoms with Gasteiger partial charge in [-0.05, 0) is 81.9 Å². The molecule has 0 unspecified atom stereocenters. The molecule has 36 heavy (non-hydrogen) atoms. The minimum atomic E-state index is 0.120. The molecular weight excluding hydrogens is 452 g/mol. The molecule has 2 aliphatic rings. The standard InChI is InChI=1S/C27H36N8O/c36-26(28-14-4-18-35-16-2-1-3-17-35)12-7-20-5-10-22(11-6-20)30-27-29-15-13-24(32-27)31-25-19-23(33-34-25)21-8-9-21/h5-6,10-11,13,15,19,21H,1-4,7-9,12,14,16-18H2,(H,28,36)(H3,29,30,31,32,33,34). The normalized spacial score (nSPS) is 16.0. The molecule has 2 fully saturated rings. The number of aryl methyl sites for hydroxylation is 1. The highest BCUT2D eigenvalue weighted by Crippen LogP contribution is 2.39. The lowest BCUT2D eigenvalue weighted by molar-refractivity contribution is -0.121. The number of carbonyl (C=O) groups excluding carboxylic acids is 1. The van der Waals surface area contributed by atoms with E-state index in [-0.39, 0.29) is 5.91 Å². The van der Waals surface area contributed by atoms with Gasteiger partial charge in [0.2, 0.25) is 11.9 Å². The summed E-state index contributed by atoms with van der Waals surface area (Å²) in [7, 11) is 0. The number of nitrogens with one attached hydrogen (secondary N) is 4. The van der Waals surface area contributed by atoms with E-state index in [4.69, 9.17) is 0 Å². The van der Waals surface area contributed by atoms with E-state index in [1.54, 1.807) is 6.20 Å². The number of carbonyl (C=O) groups is 1. The fourth-order valence-electron chi connectivity index (χ4n) is 4.56. The van der Waals surface area contributed by atoms with E-state index in [1.807, 2.05) is 36.4 Å². The molecule has 1 aliphatic carbocycles. The van der Waals surface area contributed by atoms with Crippen molar-refractivity contribution < 1.29 is 4.79 Å². The van der Waals surface area contributed by atoms with Gasteiger partial charge in [0.05, 0.1) is 5.69 Å². The van der Waals surface area contributed by atoms with Crippen LogP contribution in [-0.4, -0.2) is 57.2 Å². The zero-order valence-electron chi connectivity index (χ0n) is 20.8. The van der Waals surface area contributed by atoms with Crippen LogP contribution >= 0.6 is 0 Å². The topological polar surface area (TPSA) is 111 Å². The van der Waals surface area contributed by atoms with Crippen molar-refractivity contribution in [1.82, 2.24) is 30.4 Å². The predicted octanol–water partition coefficient (Wildman–Crippen LogP) is 4.49. The van der Waals surface area contributed by atoms with Crippen LogP contribution in [0.2, 0.25) is 0 Å². The zero-order valence-corrected chi connectivity index (χ0v) is 20.8. The third kappa shape index (κ3) is 7.27. The molecule has 3 heterocycles. The monoisotopic (exact) mass is 488 g/mol. The summed E-state index contributed by atoms with van der Waals surface area (Å²) in [6.45, 7) is 4.26. The van der Waals surface area contributed by atoms with E-state index in [1.165, 1.54) is 45.2 Å². The Hall–Kier alpha value is -3.46. The summed E-state index contributed by atoms with van der Waals surface area (Å²) < 4.78 is 0. The number of amides is 1. The number of H-pyrrole nitrogens is 1. The van der Waals surface area contributed by atoms with E-state index in [0.29, 0.717) is 24.1 Å². The predicted molar refractivity (Wildman–Crippen MR) is 142 cm³/mol. The molecule has 3 aromatic rings. The largest absolute Gasteiger partial charge is 0.356 e. The van der Waals surface area contributed by atoms with E-state index < -0.39 is 0 Å². The number of benzene rings is 1. The first kappa shape index (κ1) is 24.2. The highest BCUT2D eigenvalue weighted by atomic mass is 16.1. The molecule has 0 atom stereocenters. The highest BCUT2D eigenvalue weighted by Gasteiger charge is 2.26. The number of hydrogen-bond acceptors (Lipinski definition) is 7. The van der Waals surface area contributed by atoms with Crippen LogP contribution in [0.25, 0.3) is 0 Å². The Morgan fingerprint density at radius 1 is 1.06 bits per heavy atom. The van der Waals surface area contributed by atoms with Gasteiger partial charge in [0.25, 0.3) is 0 Å². The van der Waals surface area contributed by atoms with Crippen molar-refractivity contribution in [2.24, 2.45) is 0 Å². The summed E-state index contributed by atoms with van der Waals surface area (Å²) in [6.07, 6.45) is 10.4. The van der Waals surface area contributed by atoms with Crippen LogP contribution in [0.15, 0.2) is 42.6 Å². The Morgan fingerprint density at radius 3 is 2.69 bits per heavy atom. The Labute approximate surface area is 212 Å². The van der Waals surface area contributed by atoms with Gasteiger partial charge in [-0.3, -0.25) is 9.89 Å². The van der Waals surface area contributed by atoms with Crippen molar-refractivity contribution in [2.75, 3.05) is 36.8 Å². The first-order valence-corrected chi connectivity index (χ1v) is 13.2. The fraction of sp³-hybridized carbons (Fsp3) is 0.481. The number of hydrogen-bond donors (Lipinski definition) is 4. The molecule has 5 rings (SSSR count). The summed E-state index contributed by atoms with van der Waals surface area (Å²) in [6, 6.07) is 11.9. The molecule has 1 aliphatic heterocycles. The summed E-state index contributed by atoms with van der Waals surface area (Å²) in [5, 5.41) is 17.0. The molecular formula is C27H36N8O. The molecule has 1 amide bonds. The van der Waals surface area contributed by atoms with Gasteiger partial charge in [-0.1, -0.05) is 18.6 Å². The van der Waals surface area contributed by atoms with Crippen LogP contribution in [0, 0.1) is 0 Å². The van der Waals surface area contributed by atoms with Gasteiger partial charge in [0, 0.05) is 36.8 Å². The smallest absolute Gasteiger partial charge is 0.229 e. The van der Waals surface area contributed by atoms with Crippen LogP contribution in [0.5, 0.6) is 0 Å². The number of rotatable bonds is 12. The molecule has 1 saturated carbocycles. The summed E-state index contributed by atoms with van der Waals surface area (Å²) >= 11 is 0. The van der Waals surface area contributed by atoms with Crippen molar-refractivity contribution in [1.29, 1.82) is 0 Å². The lowest BCUT2D eigenvalue weighted by Crippen LogP contribution is -2.33. The second-order valence-corrected chi connectivity index (χ2v) is 9.80. The second-order valence-electron chi connectivity index (χ2n) is 9.80. The Kier molecular flexibility index (Phi) is 8.07. The van der Waals surface area contributed by atoms with Gasteiger partial charge >= 0.3 is 0 Å². The first-order valence-electron chi connectivity index (χ1n) is 13.2. The lowest BCUT2D eigenvalue weighted by atomic mass is 10.1. The van der Waals surface area contributed by atoms with Crippen molar-refractivity contribution in [2.45, 2.75) is 57.3 Å². The molecule has 1 aromatic carbocycles. The van der Waals surface area contributed by atoms with Crippen LogP contribution in [-0.2, 0) is 11.2 Å². The van der Waals surface area contributed by atoms with Gasteiger partial charge in [-0.25, -0.2) is 4.98 Å². The minimum Gasteiger partial charge on any atom is -0.356 e. The van der Waals surface area contributed by atoms with Gasteiger partial charge in [-0.2, -0.15) is 10.1 Å². The molecule has 4 N–H and O–H groups in total. The maximum Gasteiger partial charge on any atom is 0.229 e. The van der Waals surface area contributed by atoms with Gasteiger partial charge in [-0.15, -0.1) is 0 Å². The minimum absolute atomic E-state index is 0.120. The molecule has 9 nitrogen and oxygen atoms in total. The first-order chi connectivity index (χ1) is 17.7. The number of piperidine rings is 1. The Morgan fingerprint density at radius 2 is 1.89 bits per heavy atom. The summed E-state index contributed by atoms with van der Waals surface area (Å²) in [4.78, 5) is 23.6. The number of anilines is 4. The van der Waals surface area contributed by atoms with Crippen LogP contribution in [0.4, 0.5) is 23.3 Å². The maximum absolute atomic E-state index is 12.2. The van der Waals surface area contributed by atoms with Crippen LogP contribution in [0.1, 0.15) is 62.1 Å². The maximum atomic E-state index is 12.2. The van der Waals surface area contributed by atoms with Gasteiger partial charge in [0.1, 0.15) is 11.6 Å². The number of likely N-dealkylation sites (tertiary alicyclic amines) is 1. The average Bonchev–Trinajstić information content (AvgIpc) is 3.66. The van der Waals surface area contributed by atoms with Crippen LogP contribution < -0.4 is 16.0 Å². The van der Waals surface area contributed by atoms with Crippen molar-refractivity contribution in [3.63, 3.8) is 0 Å². The van der Waals surface area contributed by atoms with E-state index >= 15 is 0 Å². The third-order valence-corrected chi connectivity index (χ3v) is 6.78. The third-order valence-electron chi connectivity index (χ3n) is 6.78. The highest BCUT2D eigenvalue weighted by molar-refractivity contribution is 5.76. The summed E-state index contributed by atoms with van der Waals surface area (Å²) in [5.74, 6) is 2.76. The Bertz CT molecular complexity index is 1120. The number of nitrogens with zero attached hydrogens (tertiary/aromatic N) is 4. The fourth-order valence-corrected chi connectivity index (χ4v) is 4.56. The lowest BCUT2D eigenvalue weighted by Gasteiger charge is -2.26. The van der Waals surface area contributed by atoms with E-state index in [2.05, 4.69) is 41.0 Å². The SMILES string of the molecule is O=C(CCc1ccc(Nc2nccc(Nc3cc(C4CC4)n[nH]3)n2)cc1)NCCCN1CCCCC1. The molecule has 190 valence electrons. The van der Waals surface area contributed by atoms with E-state index in [9.17, 15) is 4.79 Å². The number of aromatic nitrogens is 4. The van der Waals surface area contributed by atoms with Crippen molar-refractivity contribution >= 4 is 29.2 Å². The van der Waals surface area contributed by atoms with Crippen LogP contribution in [0.3, 0.4) is 0 Å². The molecule has 2 aromatic heterocycles. The summed E-state index contributed by atoms with van der Waals surface area (Å²) in [5.41, 5.74) is 3.14.